The van der Waals surface area contributed by atoms with E-state index in [2.05, 4.69) is 4.74 Å². The van der Waals surface area contributed by atoms with Crippen LogP contribution < -0.4 is 0 Å². The lowest BCUT2D eigenvalue weighted by molar-refractivity contribution is -0.279. The molecular formula is C7H7F5O3. The fourth-order valence-corrected chi connectivity index (χ4v) is 0.538. The molecule has 0 heterocycles. The van der Waals surface area contributed by atoms with Crippen molar-refractivity contribution >= 4 is 11.9 Å². The van der Waals surface area contributed by atoms with Gasteiger partial charge in [0.05, 0.1) is 0 Å². The Morgan fingerprint density at radius 3 is 1.93 bits per heavy atom. The summed E-state index contributed by atoms with van der Waals surface area (Å²) in [4.78, 5) is 20.8. The molecule has 0 fully saturated rings. The maximum absolute atomic E-state index is 12.2. The molecule has 0 spiro atoms. The molecule has 0 aliphatic heterocycles. The van der Waals surface area contributed by atoms with E-state index in [0.29, 0.717) is 0 Å². The average molecular weight is 234 g/mol. The molecule has 88 valence electrons. The molecule has 0 aromatic heterocycles. The Morgan fingerprint density at radius 2 is 1.60 bits per heavy atom. The van der Waals surface area contributed by atoms with Gasteiger partial charge in [0.2, 0.25) is 0 Å². The third-order valence-corrected chi connectivity index (χ3v) is 1.27. The summed E-state index contributed by atoms with van der Waals surface area (Å²) < 4.78 is 62.4. The van der Waals surface area contributed by atoms with Crippen molar-refractivity contribution in [2.75, 3.05) is 0 Å². The number of alkyl halides is 5. The van der Waals surface area contributed by atoms with E-state index in [9.17, 15) is 31.5 Å². The van der Waals surface area contributed by atoms with Crippen LogP contribution in [-0.4, -0.2) is 24.0 Å². The Kier molecular flexibility index (Phi) is 4.17. The summed E-state index contributed by atoms with van der Waals surface area (Å²) in [7, 11) is 0. The summed E-state index contributed by atoms with van der Waals surface area (Å²) >= 11 is 0. The van der Waals surface area contributed by atoms with Gasteiger partial charge in [-0.1, -0.05) is 6.92 Å². The summed E-state index contributed by atoms with van der Waals surface area (Å²) in [5, 5.41) is 0. The second-order valence-electron chi connectivity index (χ2n) is 2.58. The topological polar surface area (TPSA) is 43.4 Å². The number of ether oxygens (including phenoxy) is 1. The third-order valence-electron chi connectivity index (χ3n) is 1.27. The molecule has 3 nitrogen and oxygen atoms in total. The van der Waals surface area contributed by atoms with Crippen LogP contribution in [0.2, 0.25) is 0 Å². The number of halogens is 5. The van der Waals surface area contributed by atoms with Gasteiger partial charge in [0.15, 0.2) is 0 Å². The third kappa shape index (κ3) is 3.45. The largest absolute Gasteiger partial charge is 0.465 e. The lowest BCUT2D eigenvalue weighted by Gasteiger charge is -2.16. The zero-order valence-corrected chi connectivity index (χ0v) is 7.53. The van der Waals surface area contributed by atoms with E-state index in [1.54, 1.807) is 0 Å². The number of rotatable bonds is 3. The van der Waals surface area contributed by atoms with Crippen LogP contribution in [0.1, 0.15) is 19.8 Å². The van der Waals surface area contributed by atoms with Crippen LogP contribution in [0.15, 0.2) is 0 Å². The summed E-state index contributed by atoms with van der Waals surface area (Å²) in [5.74, 6) is -9.96. The fraction of sp³-hybridized carbons (Fsp3) is 0.714. The number of hydrogen-bond donors (Lipinski definition) is 0. The maximum atomic E-state index is 12.2. The van der Waals surface area contributed by atoms with Crippen LogP contribution in [-0.2, 0) is 14.3 Å². The molecule has 0 unspecified atom stereocenters. The molecule has 0 atom stereocenters. The second kappa shape index (κ2) is 4.54. The van der Waals surface area contributed by atoms with Gasteiger partial charge in [-0.15, -0.1) is 0 Å². The summed E-state index contributed by atoms with van der Waals surface area (Å²) in [5.41, 5.74) is 0. The minimum absolute atomic E-state index is 0.170. The lowest BCUT2D eigenvalue weighted by atomic mass is 10.3. The van der Waals surface area contributed by atoms with Gasteiger partial charge in [-0.05, 0) is 6.42 Å². The first kappa shape index (κ1) is 13.8. The molecule has 0 radical (unpaired) electrons. The highest BCUT2D eigenvalue weighted by Gasteiger charge is 2.65. The predicted octanol–water partition coefficient (Wildman–Crippen LogP) is 2.05. The highest BCUT2D eigenvalue weighted by molar-refractivity contribution is 5.89. The number of carbonyl (C=O) groups is 2. The zero-order valence-electron chi connectivity index (χ0n) is 7.53. The van der Waals surface area contributed by atoms with E-state index in [1.807, 2.05) is 0 Å². The van der Waals surface area contributed by atoms with Crippen molar-refractivity contribution in [3.8, 4) is 0 Å². The van der Waals surface area contributed by atoms with Crippen LogP contribution in [0.3, 0.4) is 0 Å². The van der Waals surface area contributed by atoms with Crippen molar-refractivity contribution in [2.45, 2.75) is 31.9 Å². The van der Waals surface area contributed by atoms with Crippen LogP contribution in [0, 0.1) is 0 Å². The number of hydrogen-bond acceptors (Lipinski definition) is 3. The summed E-state index contributed by atoms with van der Waals surface area (Å²) in [6.45, 7) is 1.47. The van der Waals surface area contributed by atoms with Crippen LogP contribution in [0.5, 0.6) is 0 Å². The van der Waals surface area contributed by atoms with Gasteiger partial charge in [-0.25, -0.2) is 4.79 Å². The van der Waals surface area contributed by atoms with Gasteiger partial charge in [0.25, 0.3) is 0 Å². The molecule has 15 heavy (non-hydrogen) atoms. The summed E-state index contributed by atoms with van der Waals surface area (Å²) in [6, 6.07) is 0. The highest BCUT2D eigenvalue weighted by atomic mass is 19.4. The molecule has 0 saturated carbocycles. The summed E-state index contributed by atoms with van der Waals surface area (Å²) in [6.07, 6.45) is -6.29. The van der Waals surface area contributed by atoms with Gasteiger partial charge < -0.3 is 4.74 Å². The molecule has 0 aliphatic rings. The van der Waals surface area contributed by atoms with E-state index in [-0.39, 0.29) is 6.42 Å². The SMILES string of the molecule is CCCC(=O)OC(=O)C(F)(F)C(F)(F)F. The van der Waals surface area contributed by atoms with E-state index >= 15 is 0 Å². The normalized spacial score (nSPS) is 12.4. The fourth-order valence-electron chi connectivity index (χ4n) is 0.538. The van der Waals surface area contributed by atoms with Crippen molar-refractivity contribution in [3.05, 3.63) is 0 Å². The standard InChI is InChI=1S/C7H7F5O3/c1-2-3-4(13)15-5(14)6(8,9)7(10,11)12/h2-3H2,1H3. The first-order chi connectivity index (χ1) is 6.63. The Morgan fingerprint density at radius 1 is 1.13 bits per heavy atom. The Labute approximate surface area is 81.2 Å². The predicted molar refractivity (Wildman–Crippen MR) is 37.0 cm³/mol. The second-order valence-corrected chi connectivity index (χ2v) is 2.58. The minimum Gasteiger partial charge on any atom is -0.388 e. The highest BCUT2D eigenvalue weighted by Crippen LogP contribution is 2.36. The number of carbonyl (C=O) groups excluding carboxylic acids is 2. The van der Waals surface area contributed by atoms with E-state index in [0.717, 1.165) is 0 Å². The van der Waals surface area contributed by atoms with Crippen LogP contribution in [0.4, 0.5) is 22.0 Å². The van der Waals surface area contributed by atoms with Gasteiger partial charge >= 0.3 is 24.0 Å². The van der Waals surface area contributed by atoms with Crippen molar-refractivity contribution in [3.63, 3.8) is 0 Å². The molecule has 0 bridgehead atoms. The molecule has 0 aromatic rings. The quantitative estimate of drug-likeness (QED) is 0.426. The molecule has 0 N–H and O–H groups in total. The van der Waals surface area contributed by atoms with Gasteiger partial charge in [-0.3, -0.25) is 4.79 Å². The van der Waals surface area contributed by atoms with Crippen LogP contribution >= 0.6 is 0 Å². The van der Waals surface area contributed by atoms with E-state index in [1.165, 1.54) is 6.92 Å². The number of esters is 2. The maximum Gasteiger partial charge on any atom is 0.465 e. The van der Waals surface area contributed by atoms with Crippen molar-refractivity contribution in [1.29, 1.82) is 0 Å². The van der Waals surface area contributed by atoms with E-state index in [4.69, 9.17) is 0 Å². The Hall–Kier alpha value is -1.21. The Balaban J connectivity index is 4.52. The van der Waals surface area contributed by atoms with Gasteiger partial charge in [0, 0.05) is 6.42 Å². The van der Waals surface area contributed by atoms with Crippen molar-refractivity contribution in [1.82, 2.24) is 0 Å². The molecule has 0 saturated heterocycles. The smallest absolute Gasteiger partial charge is 0.388 e. The van der Waals surface area contributed by atoms with Crippen LogP contribution in [0.25, 0.3) is 0 Å². The molecular weight excluding hydrogens is 227 g/mol. The monoisotopic (exact) mass is 234 g/mol. The molecule has 0 amide bonds. The Bertz CT molecular complexity index is 258. The first-order valence-corrected chi connectivity index (χ1v) is 3.82. The van der Waals surface area contributed by atoms with Crippen molar-refractivity contribution < 1.29 is 36.3 Å². The van der Waals surface area contributed by atoms with Gasteiger partial charge in [-0.2, -0.15) is 22.0 Å². The molecule has 0 aromatic carbocycles. The van der Waals surface area contributed by atoms with Crippen molar-refractivity contribution in [2.24, 2.45) is 0 Å². The molecule has 8 heteroatoms. The zero-order chi connectivity index (χ0) is 12.3. The minimum atomic E-state index is -6.06. The first-order valence-electron chi connectivity index (χ1n) is 3.82. The van der Waals surface area contributed by atoms with Gasteiger partial charge in [0.1, 0.15) is 0 Å². The lowest BCUT2D eigenvalue weighted by Crippen LogP contribution is -2.45. The average Bonchev–Trinajstić information content (AvgIpc) is 2.02. The molecule has 0 aliphatic carbocycles. The molecule has 0 rings (SSSR count). The van der Waals surface area contributed by atoms with E-state index < -0.39 is 30.5 Å².